The van der Waals surface area contributed by atoms with Gasteiger partial charge in [0.15, 0.2) is 0 Å². The average molecular weight is 384 g/mol. The topological polar surface area (TPSA) is 49.9 Å². The molecule has 2 unspecified atom stereocenters. The fourth-order valence-corrected chi connectivity index (χ4v) is 4.38. The number of halogens is 1. The van der Waals surface area contributed by atoms with Crippen molar-refractivity contribution in [3.63, 3.8) is 0 Å². The lowest BCUT2D eigenvalue weighted by Gasteiger charge is -2.41. The van der Waals surface area contributed by atoms with Gasteiger partial charge in [-0.25, -0.2) is 14.1 Å². The van der Waals surface area contributed by atoms with E-state index in [9.17, 15) is 14.0 Å². The van der Waals surface area contributed by atoms with E-state index >= 15 is 0 Å². The number of carbonyl (C=O) groups excluding carboxylic acids is 2. The third-order valence-corrected chi connectivity index (χ3v) is 5.71. The minimum absolute atomic E-state index is 0.242. The number of thioether (sulfide) groups is 1. The van der Waals surface area contributed by atoms with Gasteiger partial charge in [0, 0.05) is 6.54 Å². The predicted octanol–water partition coefficient (Wildman–Crippen LogP) is 3.80. The zero-order chi connectivity index (χ0) is 19.0. The third-order valence-electron chi connectivity index (χ3n) is 4.63. The van der Waals surface area contributed by atoms with Crippen LogP contribution in [0, 0.1) is 5.82 Å². The van der Waals surface area contributed by atoms with E-state index in [1.54, 1.807) is 18.1 Å². The molecule has 4 rings (SSSR count). The number of urea groups is 1. The summed E-state index contributed by atoms with van der Waals surface area (Å²) in [5.74, 6) is -0.123. The zero-order valence-electron chi connectivity index (χ0n) is 14.5. The molecule has 0 aromatic heterocycles. The molecule has 27 heavy (non-hydrogen) atoms. The monoisotopic (exact) mass is 384 g/mol. The van der Waals surface area contributed by atoms with E-state index in [-0.39, 0.29) is 17.6 Å². The highest BCUT2D eigenvalue weighted by Gasteiger charge is 2.47. The van der Waals surface area contributed by atoms with E-state index in [2.05, 4.69) is 0 Å². The number of hydrogen-bond donors (Lipinski definition) is 0. The molecule has 0 saturated carbocycles. The summed E-state index contributed by atoms with van der Waals surface area (Å²) in [6, 6.07) is 12.2. The fraction of sp³-hybridized carbons (Fsp3) is 0.200. The quantitative estimate of drug-likeness (QED) is 0.805. The van der Waals surface area contributed by atoms with Crippen molar-refractivity contribution in [2.45, 2.75) is 17.8 Å². The van der Waals surface area contributed by atoms with E-state index in [1.807, 2.05) is 35.7 Å². The van der Waals surface area contributed by atoms with E-state index < -0.39 is 17.1 Å². The van der Waals surface area contributed by atoms with Crippen LogP contribution in [0.3, 0.4) is 0 Å². The molecule has 0 spiro atoms. The van der Waals surface area contributed by atoms with Crippen LogP contribution in [0.5, 0.6) is 5.75 Å². The van der Waals surface area contributed by atoms with Crippen LogP contribution in [0.1, 0.15) is 5.56 Å². The summed E-state index contributed by atoms with van der Waals surface area (Å²) in [6.45, 7) is 0.321. The number of amides is 3. The number of anilines is 1. The van der Waals surface area contributed by atoms with Crippen LogP contribution in [0.25, 0.3) is 0 Å². The highest BCUT2D eigenvalue weighted by Crippen LogP contribution is 2.37. The molecule has 2 atom stereocenters. The van der Waals surface area contributed by atoms with Gasteiger partial charge in [-0.15, -0.1) is 11.8 Å². The lowest BCUT2D eigenvalue weighted by Crippen LogP contribution is -2.61. The minimum Gasteiger partial charge on any atom is -0.497 e. The molecule has 2 aliphatic rings. The number of ether oxygens (including phenoxy) is 1. The van der Waals surface area contributed by atoms with Gasteiger partial charge in [0.05, 0.1) is 18.8 Å². The number of fused-ring (bicyclic) bond motifs is 1. The summed E-state index contributed by atoms with van der Waals surface area (Å²) >= 11 is 1.38. The Balaban J connectivity index is 1.70. The maximum atomic E-state index is 13.7. The number of nitrogens with zero attached hydrogens (tertiary/aromatic N) is 2. The Kier molecular flexibility index (Phi) is 4.61. The van der Waals surface area contributed by atoms with Gasteiger partial charge in [-0.05, 0) is 41.3 Å². The smallest absolute Gasteiger partial charge is 0.332 e. The van der Waals surface area contributed by atoms with Crippen molar-refractivity contribution in [1.29, 1.82) is 0 Å². The van der Waals surface area contributed by atoms with Crippen molar-refractivity contribution in [1.82, 2.24) is 4.90 Å². The summed E-state index contributed by atoms with van der Waals surface area (Å²) in [6.07, 6.45) is 1.87. The molecule has 7 heteroatoms. The van der Waals surface area contributed by atoms with Crippen LogP contribution in [0.2, 0.25) is 0 Å². The molecule has 0 N–H and O–H groups in total. The highest BCUT2D eigenvalue weighted by molar-refractivity contribution is 8.03. The van der Waals surface area contributed by atoms with Gasteiger partial charge in [-0.3, -0.25) is 4.79 Å². The number of rotatable bonds is 4. The molecule has 1 saturated heterocycles. The van der Waals surface area contributed by atoms with Crippen LogP contribution in [-0.4, -0.2) is 35.2 Å². The summed E-state index contributed by atoms with van der Waals surface area (Å²) in [5.41, 5.74) is 1.13. The molecule has 2 aliphatic heterocycles. The first-order valence-electron chi connectivity index (χ1n) is 8.43. The number of benzene rings is 2. The van der Waals surface area contributed by atoms with Crippen LogP contribution < -0.4 is 9.64 Å². The van der Waals surface area contributed by atoms with Gasteiger partial charge in [0.25, 0.3) is 5.91 Å². The first kappa shape index (κ1) is 17.6. The second kappa shape index (κ2) is 7.08. The molecular weight excluding hydrogens is 367 g/mol. The normalized spacial score (nSPS) is 21.6. The van der Waals surface area contributed by atoms with E-state index in [0.717, 1.165) is 10.5 Å². The van der Waals surface area contributed by atoms with Crippen LogP contribution in [0.4, 0.5) is 14.9 Å². The van der Waals surface area contributed by atoms with Gasteiger partial charge in [0.1, 0.15) is 16.8 Å². The molecule has 0 bridgehead atoms. The van der Waals surface area contributed by atoms with Crippen molar-refractivity contribution in [3.8, 4) is 5.75 Å². The fourth-order valence-electron chi connectivity index (χ4n) is 3.33. The molecule has 5 nitrogen and oxygen atoms in total. The number of imide groups is 1. The second-order valence-electron chi connectivity index (χ2n) is 6.29. The number of carbonyl (C=O) groups is 2. The van der Waals surface area contributed by atoms with Crippen molar-refractivity contribution >= 4 is 29.4 Å². The van der Waals surface area contributed by atoms with Gasteiger partial charge in [-0.2, -0.15) is 0 Å². The van der Waals surface area contributed by atoms with Gasteiger partial charge in [-0.1, -0.05) is 24.3 Å². The van der Waals surface area contributed by atoms with Gasteiger partial charge < -0.3 is 9.64 Å². The number of methoxy groups -OCH3 is 1. The largest absolute Gasteiger partial charge is 0.497 e. The Morgan fingerprint density at radius 3 is 2.74 bits per heavy atom. The van der Waals surface area contributed by atoms with Crippen LogP contribution >= 0.6 is 11.8 Å². The van der Waals surface area contributed by atoms with Crippen LogP contribution in [-0.2, 0) is 11.3 Å². The first-order valence-corrected chi connectivity index (χ1v) is 9.38. The van der Waals surface area contributed by atoms with Gasteiger partial charge >= 0.3 is 6.03 Å². The van der Waals surface area contributed by atoms with Crippen molar-refractivity contribution in [2.24, 2.45) is 0 Å². The molecule has 0 aliphatic carbocycles. The van der Waals surface area contributed by atoms with E-state index in [1.165, 1.54) is 30.0 Å². The maximum absolute atomic E-state index is 13.7. The molecule has 1 fully saturated rings. The lowest BCUT2D eigenvalue weighted by molar-refractivity contribution is -0.119. The second-order valence-corrected chi connectivity index (χ2v) is 7.34. The molecule has 3 amide bonds. The summed E-state index contributed by atoms with van der Waals surface area (Å²) in [7, 11) is 1.59. The van der Waals surface area contributed by atoms with Crippen molar-refractivity contribution < 1.29 is 18.7 Å². The van der Waals surface area contributed by atoms with E-state index in [0.29, 0.717) is 12.3 Å². The molecule has 0 radical (unpaired) electrons. The lowest BCUT2D eigenvalue weighted by atomic mass is 10.1. The summed E-state index contributed by atoms with van der Waals surface area (Å²) in [5, 5.41) is 1.41. The standard InChI is InChI=1S/C20H17FN2O3S/c1-26-16-7-2-4-13(10-16)12-22-17-8-9-27-18(17)19(24)23(20(22)25)15-6-3-5-14(21)11-15/h2-11,17-18H,12H2,1H3. The Morgan fingerprint density at radius 1 is 1.15 bits per heavy atom. The Bertz CT molecular complexity index is 933. The SMILES string of the molecule is COc1cccc(CN2C(=O)N(c3cccc(F)c3)C(=O)C3SC=CC32)c1. The number of hydrogen-bond acceptors (Lipinski definition) is 4. The average Bonchev–Trinajstić information content (AvgIpc) is 3.16. The van der Waals surface area contributed by atoms with Crippen molar-refractivity contribution in [3.05, 3.63) is 71.4 Å². The summed E-state index contributed by atoms with van der Waals surface area (Å²) in [4.78, 5) is 28.8. The highest BCUT2D eigenvalue weighted by atomic mass is 32.2. The predicted molar refractivity (Wildman–Crippen MR) is 102 cm³/mol. The third kappa shape index (κ3) is 3.19. The maximum Gasteiger partial charge on any atom is 0.332 e. The summed E-state index contributed by atoms with van der Waals surface area (Å²) < 4.78 is 18.9. The minimum atomic E-state index is -0.494. The molecule has 2 aromatic rings. The Labute approximate surface area is 160 Å². The van der Waals surface area contributed by atoms with Crippen LogP contribution in [0.15, 0.2) is 60.0 Å². The molecule has 2 aromatic carbocycles. The molecule has 138 valence electrons. The molecular formula is C20H17FN2O3S. The first-order chi connectivity index (χ1) is 13.1. The van der Waals surface area contributed by atoms with E-state index in [4.69, 9.17) is 4.74 Å². The Morgan fingerprint density at radius 2 is 1.96 bits per heavy atom. The van der Waals surface area contributed by atoms with Gasteiger partial charge in [0.2, 0.25) is 0 Å². The molecule has 2 heterocycles. The zero-order valence-corrected chi connectivity index (χ0v) is 15.4. The van der Waals surface area contributed by atoms with Crippen molar-refractivity contribution in [2.75, 3.05) is 12.0 Å². The Hall–Kier alpha value is -2.80.